The smallest absolute Gasteiger partial charge is 0.228 e. The van der Waals surface area contributed by atoms with Crippen molar-refractivity contribution in [2.75, 3.05) is 25.5 Å². The van der Waals surface area contributed by atoms with Crippen molar-refractivity contribution in [3.8, 4) is 5.75 Å². The van der Waals surface area contributed by atoms with E-state index in [1.165, 1.54) is 19.2 Å². The molecule has 1 amide bonds. The van der Waals surface area contributed by atoms with Crippen molar-refractivity contribution >= 4 is 11.6 Å². The first-order valence-corrected chi connectivity index (χ1v) is 6.06. The summed E-state index contributed by atoms with van der Waals surface area (Å²) in [6.45, 7) is 1.64. The Hall–Kier alpha value is -1.62. The Balaban J connectivity index is 2.00. The van der Waals surface area contributed by atoms with Crippen molar-refractivity contribution < 1.29 is 13.9 Å². The summed E-state index contributed by atoms with van der Waals surface area (Å²) < 4.78 is 18.3. The van der Waals surface area contributed by atoms with Gasteiger partial charge in [-0.05, 0) is 31.5 Å². The lowest BCUT2D eigenvalue weighted by atomic mass is 9.99. The molecular weight excluding hydrogens is 235 g/mol. The molecule has 0 aromatic heterocycles. The number of carbonyl (C=O) groups excluding carboxylic acids is 1. The number of carbonyl (C=O) groups is 1. The van der Waals surface area contributed by atoms with Gasteiger partial charge in [-0.15, -0.1) is 0 Å². The van der Waals surface area contributed by atoms with E-state index in [2.05, 4.69) is 10.6 Å². The molecule has 1 aromatic rings. The van der Waals surface area contributed by atoms with Gasteiger partial charge in [-0.25, -0.2) is 4.39 Å². The first-order chi connectivity index (χ1) is 8.70. The molecule has 1 aromatic carbocycles. The molecule has 1 fully saturated rings. The Kier molecular flexibility index (Phi) is 4.15. The highest BCUT2D eigenvalue weighted by atomic mass is 19.1. The third-order valence-electron chi connectivity index (χ3n) is 3.09. The van der Waals surface area contributed by atoms with Crippen LogP contribution >= 0.6 is 0 Å². The molecule has 1 aliphatic heterocycles. The summed E-state index contributed by atoms with van der Waals surface area (Å²) in [5.41, 5.74) is 0.462. The van der Waals surface area contributed by atoms with Crippen LogP contribution in [0.4, 0.5) is 10.1 Å². The number of methoxy groups -OCH3 is 1. The number of hydrogen-bond donors (Lipinski definition) is 2. The number of amides is 1. The van der Waals surface area contributed by atoms with E-state index in [1.54, 1.807) is 6.07 Å². The van der Waals surface area contributed by atoms with Gasteiger partial charge in [0.15, 0.2) is 11.6 Å². The van der Waals surface area contributed by atoms with Crippen molar-refractivity contribution in [3.05, 3.63) is 24.0 Å². The summed E-state index contributed by atoms with van der Waals surface area (Å²) in [5, 5.41) is 5.91. The van der Waals surface area contributed by atoms with E-state index in [1.807, 2.05) is 0 Å². The molecule has 4 nitrogen and oxygen atoms in total. The molecule has 2 N–H and O–H groups in total. The van der Waals surface area contributed by atoms with E-state index in [0.717, 1.165) is 19.4 Å². The Labute approximate surface area is 106 Å². The summed E-state index contributed by atoms with van der Waals surface area (Å²) in [5.74, 6) is -0.403. The van der Waals surface area contributed by atoms with Crippen LogP contribution in [0.25, 0.3) is 0 Å². The summed E-state index contributed by atoms with van der Waals surface area (Å²) in [6, 6.07) is 4.41. The SMILES string of the molecule is COc1ccc(NC(=O)[C@H]2CCCNC2)cc1F. The maximum atomic E-state index is 13.5. The minimum absolute atomic E-state index is 0.0380. The van der Waals surface area contributed by atoms with E-state index in [0.29, 0.717) is 12.2 Å². The molecule has 2 rings (SSSR count). The number of benzene rings is 1. The molecule has 0 unspecified atom stereocenters. The predicted molar refractivity (Wildman–Crippen MR) is 67.2 cm³/mol. The molecule has 1 atom stereocenters. The molecular formula is C13H17FN2O2. The van der Waals surface area contributed by atoms with Crippen LogP contribution in [0.5, 0.6) is 5.75 Å². The van der Waals surface area contributed by atoms with Crippen LogP contribution in [0, 0.1) is 11.7 Å². The van der Waals surface area contributed by atoms with Gasteiger partial charge in [-0.2, -0.15) is 0 Å². The summed E-state index contributed by atoms with van der Waals surface area (Å²) in [4.78, 5) is 11.9. The summed E-state index contributed by atoms with van der Waals surface area (Å²) in [7, 11) is 1.41. The predicted octanol–water partition coefficient (Wildman–Crippen LogP) is 1.77. The Morgan fingerprint density at radius 1 is 1.56 bits per heavy atom. The number of rotatable bonds is 3. The minimum atomic E-state index is -0.475. The van der Waals surface area contributed by atoms with Crippen LogP contribution < -0.4 is 15.4 Å². The lowest BCUT2D eigenvalue weighted by Gasteiger charge is -2.21. The number of hydrogen-bond acceptors (Lipinski definition) is 3. The van der Waals surface area contributed by atoms with Gasteiger partial charge < -0.3 is 15.4 Å². The normalized spacial score (nSPS) is 19.3. The van der Waals surface area contributed by atoms with Crippen LogP contribution in [0.15, 0.2) is 18.2 Å². The molecule has 0 spiro atoms. The molecule has 0 saturated carbocycles. The van der Waals surface area contributed by atoms with Crippen LogP contribution in [0.3, 0.4) is 0 Å². The monoisotopic (exact) mass is 252 g/mol. The zero-order valence-electron chi connectivity index (χ0n) is 10.3. The van der Waals surface area contributed by atoms with E-state index in [4.69, 9.17) is 4.74 Å². The van der Waals surface area contributed by atoms with Gasteiger partial charge in [-0.1, -0.05) is 0 Å². The first kappa shape index (κ1) is 12.8. The molecule has 0 bridgehead atoms. The number of halogens is 1. The highest BCUT2D eigenvalue weighted by molar-refractivity contribution is 5.92. The zero-order chi connectivity index (χ0) is 13.0. The quantitative estimate of drug-likeness (QED) is 0.862. The van der Waals surface area contributed by atoms with E-state index < -0.39 is 5.82 Å². The number of piperidine rings is 1. The first-order valence-electron chi connectivity index (χ1n) is 6.06. The van der Waals surface area contributed by atoms with Crippen molar-refractivity contribution in [3.63, 3.8) is 0 Å². The fourth-order valence-corrected chi connectivity index (χ4v) is 2.06. The standard InChI is InChI=1S/C13H17FN2O2/c1-18-12-5-4-10(7-11(12)14)16-13(17)9-3-2-6-15-8-9/h4-5,7,9,15H,2-3,6,8H2,1H3,(H,16,17)/t9-/m0/s1. The van der Waals surface area contributed by atoms with Gasteiger partial charge in [0.05, 0.1) is 13.0 Å². The third kappa shape index (κ3) is 2.98. The van der Waals surface area contributed by atoms with Gasteiger partial charge in [0.1, 0.15) is 0 Å². The van der Waals surface area contributed by atoms with Crippen molar-refractivity contribution in [1.82, 2.24) is 5.32 Å². The fourth-order valence-electron chi connectivity index (χ4n) is 2.06. The number of ether oxygens (including phenoxy) is 1. The van der Waals surface area contributed by atoms with Crippen LogP contribution in [-0.2, 0) is 4.79 Å². The van der Waals surface area contributed by atoms with E-state index in [-0.39, 0.29) is 17.6 Å². The summed E-state index contributed by atoms with van der Waals surface area (Å²) in [6.07, 6.45) is 1.87. The molecule has 1 heterocycles. The van der Waals surface area contributed by atoms with E-state index in [9.17, 15) is 9.18 Å². The number of anilines is 1. The fraction of sp³-hybridized carbons (Fsp3) is 0.462. The van der Waals surface area contributed by atoms with Crippen LogP contribution in [0.2, 0.25) is 0 Å². The van der Waals surface area contributed by atoms with Gasteiger partial charge in [0.25, 0.3) is 0 Å². The van der Waals surface area contributed by atoms with E-state index >= 15 is 0 Å². The Bertz CT molecular complexity index is 431. The molecule has 1 aliphatic rings. The highest BCUT2D eigenvalue weighted by Gasteiger charge is 2.21. The van der Waals surface area contributed by atoms with Crippen LogP contribution in [-0.4, -0.2) is 26.1 Å². The lowest BCUT2D eigenvalue weighted by molar-refractivity contribution is -0.120. The van der Waals surface area contributed by atoms with Gasteiger partial charge in [0.2, 0.25) is 5.91 Å². The molecule has 1 saturated heterocycles. The average Bonchev–Trinajstić information content (AvgIpc) is 2.40. The second-order valence-electron chi connectivity index (χ2n) is 4.38. The van der Waals surface area contributed by atoms with Crippen molar-refractivity contribution in [2.45, 2.75) is 12.8 Å². The number of nitrogens with one attached hydrogen (secondary N) is 2. The molecule has 18 heavy (non-hydrogen) atoms. The van der Waals surface area contributed by atoms with Gasteiger partial charge in [0, 0.05) is 18.3 Å². The summed E-state index contributed by atoms with van der Waals surface area (Å²) >= 11 is 0. The van der Waals surface area contributed by atoms with Crippen LogP contribution in [0.1, 0.15) is 12.8 Å². The maximum Gasteiger partial charge on any atom is 0.228 e. The van der Waals surface area contributed by atoms with Gasteiger partial charge >= 0.3 is 0 Å². The zero-order valence-corrected chi connectivity index (χ0v) is 10.3. The second-order valence-corrected chi connectivity index (χ2v) is 4.38. The van der Waals surface area contributed by atoms with Gasteiger partial charge in [-0.3, -0.25) is 4.79 Å². The Morgan fingerprint density at radius 2 is 2.39 bits per heavy atom. The molecule has 0 radical (unpaired) electrons. The Morgan fingerprint density at radius 3 is 3.00 bits per heavy atom. The largest absolute Gasteiger partial charge is 0.494 e. The van der Waals surface area contributed by atoms with Crippen molar-refractivity contribution in [2.24, 2.45) is 5.92 Å². The molecule has 98 valence electrons. The van der Waals surface area contributed by atoms with Crippen molar-refractivity contribution in [1.29, 1.82) is 0 Å². The minimum Gasteiger partial charge on any atom is -0.494 e. The second kappa shape index (κ2) is 5.82. The molecule has 0 aliphatic carbocycles. The third-order valence-corrected chi connectivity index (χ3v) is 3.09. The lowest BCUT2D eigenvalue weighted by Crippen LogP contribution is -2.37. The average molecular weight is 252 g/mol. The highest BCUT2D eigenvalue weighted by Crippen LogP contribution is 2.21. The maximum absolute atomic E-state index is 13.5. The molecule has 5 heteroatoms. The topological polar surface area (TPSA) is 50.4 Å².